The van der Waals surface area contributed by atoms with Gasteiger partial charge in [0, 0.05) is 51.1 Å². The highest BCUT2D eigenvalue weighted by molar-refractivity contribution is 7.92. The van der Waals surface area contributed by atoms with Crippen LogP contribution in [0.5, 0.6) is 0 Å². The molecule has 10 heteroatoms. The Hall–Kier alpha value is -1.65. The fourth-order valence-corrected chi connectivity index (χ4v) is 5.05. The Bertz CT molecular complexity index is 935. The predicted octanol–water partition coefficient (Wildman–Crippen LogP) is -0.189. The molecule has 2 aliphatic heterocycles. The highest BCUT2D eigenvalue weighted by atomic mass is 32.2. The Morgan fingerprint density at radius 2 is 1.67 bits per heavy atom. The van der Waals surface area contributed by atoms with Gasteiger partial charge in [-0.2, -0.15) is 0 Å². The van der Waals surface area contributed by atoms with Crippen molar-refractivity contribution in [3.63, 3.8) is 0 Å². The number of hydrogen-bond donors (Lipinski definition) is 0. The van der Waals surface area contributed by atoms with Gasteiger partial charge in [-0.25, -0.2) is 16.8 Å². The molecule has 0 saturated carbocycles. The van der Waals surface area contributed by atoms with E-state index in [2.05, 4.69) is 4.90 Å². The van der Waals surface area contributed by atoms with E-state index in [1.807, 2.05) is 0 Å². The highest BCUT2D eigenvalue weighted by Crippen LogP contribution is 2.31. The molecule has 0 atom stereocenters. The van der Waals surface area contributed by atoms with Gasteiger partial charge >= 0.3 is 0 Å². The fraction of sp³-hybridized carbons (Fsp3) is 0.588. The predicted molar refractivity (Wildman–Crippen MR) is 104 cm³/mol. The molecule has 0 unspecified atom stereocenters. The van der Waals surface area contributed by atoms with Crippen molar-refractivity contribution in [1.29, 1.82) is 0 Å². The van der Waals surface area contributed by atoms with Crippen molar-refractivity contribution in [2.24, 2.45) is 0 Å². The van der Waals surface area contributed by atoms with Gasteiger partial charge in [-0.15, -0.1) is 0 Å². The molecule has 0 spiro atoms. The summed E-state index contributed by atoms with van der Waals surface area (Å²) in [6, 6.07) is 5.18. The summed E-state index contributed by atoms with van der Waals surface area (Å²) in [7, 11) is -6.29. The van der Waals surface area contributed by atoms with Crippen molar-refractivity contribution >= 4 is 31.5 Å². The number of rotatable bonds is 5. The molecule has 0 aromatic heterocycles. The Morgan fingerprint density at radius 3 is 2.26 bits per heavy atom. The Morgan fingerprint density at radius 1 is 1.00 bits per heavy atom. The van der Waals surface area contributed by atoms with Gasteiger partial charge in [0.15, 0.2) is 0 Å². The summed E-state index contributed by atoms with van der Waals surface area (Å²) in [4.78, 5) is 16.6. The van der Waals surface area contributed by atoms with Crippen LogP contribution in [0.1, 0.15) is 15.9 Å². The second kappa shape index (κ2) is 7.40. The van der Waals surface area contributed by atoms with Crippen LogP contribution in [0.15, 0.2) is 18.2 Å². The summed E-state index contributed by atoms with van der Waals surface area (Å²) < 4.78 is 47.6. The van der Waals surface area contributed by atoms with Crippen LogP contribution in [-0.4, -0.2) is 90.1 Å². The molecule has 0 N–H and O–H groups in total. The lowest BCUT2D eigenvalue weighted by molar-refractivity contribution is 0.0644. The molecule has 1 saturated heterocycles. The SMILES string of the molecule is CS(=O)(=O)CCN1CCN(C(=O)c2ccc3c(c2)CCN3S(C)(=O)=O)CC1. The number of hydrogen-bond acceptors (Lipinski definition) is 6. The third-order valence-corrected chi connectivity index (χ3v) is 7.12. The number of benzene rings is 1. The maximum absolute atomic E-state index is 12.8. The van der Waals surface area contributed by atoms with Gasteiger partial charge in [-0.3, -0.25) is 14.0 Å². The van der Waals surface area contributed by atoms with Gasteiger partial charge in [0.1, 0.15) is 9.84 Å². The average molecular weight is 416 g/mol. The first kappa shape index (κ1) is 20.1. The van der Waals surface area contributed by atoms with Crippen molar-refractivity contribution in [2.45, 2.75) is 6.42 Å². The highest BCUT2D eigenvalue weighted by Gasteiger charge is 2.28. The smallest absolute Gasteiger partial charge is 0.253 e. The standard InChI is InChI=1S/C17H25N3O5S2/c1-26(22,23)12-11-18-7-9-19(10-8-18)17(21)15-3-4-16-14(13-15)5-6-20(16)27(2,24)25/h3-4,13H,5-12H2,1-2H3. The van der Waals surface area contributed by atoms with E-state index in [4.69, 9.17) is 0 Å². The number of carbonyl (C=O) groups is 1. The van der Waals surface area contributed by atoms with Gasteiger partial charge in [-0.05, 0) is 30.2 Å². The number of carbonyl (C=O) groups excluding carboxylic acids is 1. The Kier molecular flexibility index (Phi) is 5.51. The van der Waals surface area contributed by atoms with Crippen LogP contribution in [-0.2, 0) is 26.3 Å². The van der Waals surface area contributed by atoms with E-state index in [0.717, 1.165) is 5.56 Å². The molecule has 2 aliphatic rings. The number of anilines is 1. The zero-order valence-electron chi connectivity index (χ0n) is 15.6. The minimum Gasteiger partial charge on any atom is -0.336 e. The normalized spacial score (nSPS) is 18.6. The minimum atomic E-state index is -3.30. The Labute approximate surface area is 160 Å². The van der Waals surface area contributed by atoms with Crippen LogP contribution in [0, 0.1) is 0 Å². The number of nitrogens with zero attached hydrogens (tertiary/aromatic N) is 3. The molecule has 1 fully saturated rings. The topological polar surface area (TPSA) is 95.1 Å². The van der Waals surface area contributed by atoms with E-state index in [1.54, 1.807) is 23.1 Å². The summed E-state index contributed by atoms with van der Waals surface area (Å²) >= 11 is 0. The third kappa shape index (κ3) is 4.80. The number of fused-ring (bicyclic) bond motifs is 1. The van der Waals surface area contributed by atoms with E-state index in [1.165, 1.54) is 16.8 Å². The van der Waals surface area contributed by atoms with Crippen LogP contribution in [0.2, 0.25) is 0 Å². The first-order valence-corrected chi connectivity index (χ1v) is 12.8. The van der Waals surface area contributed by atoms with Crippen molar-refractivity contribution in [3.8, 4) is 0 Å². The van der Waals surface area contributed by atoms with Crippen molar-refractivity contribution in [3.05, 3.63) is 29.3 Å². The molecule has 1 aromatic rings. The monoisotopic (exact) mass is 415 g/mol. The van der Waals surface area contributed by atoms with Gasteiger partial charge in [-0.1, -0.05) is 0 Å². The van der Waals surface area contributed by atoms with Crippen LogP contribution in [0.25, 0.3) is 0 Å². The number of amides is 1. The average Bonchev–Trinajstić information content (AvgIpc) is 3.02. The summed E-state index contributed by atoms with van der Waals surface area (Å²) in [5.41, 5.74) is 2.09. The number of sulfone groups is 1. The van der Waals surface area contributed by atoms with Crippen molar-refractivity contribution < 1.29 is 21.6 Å². The molecule has 2 heterocycles. The molecule has 0 radical (unpaired) electrons. The zero-order chi connectivity index (χ0) is 19.8. The quantitative estimate of drug-likeness (QED) is 0.662. The molecule has 0 bridgehead atoms. The van der Waals surface area contributed by atoms with Crippen LogP contribution >= 0.6 is 0 Å². The molecule has 150 valence electrons. The summed E-state index contributed by atoms with van der Waals surface area (Å²) in [5.74, 6) is 0.0566. The molecule has 0 aliphatic carbocycles. The van der Waals surface area contributed by atoms with E-state index in [9.17, 15) is 21.6 Å². The molecular weight excluding hydrogens is 390 g/mol. The summed E-state index contributed by atoms with van der Waals surface area (Å²) in [5, 5.41) is 0. The first-order chi connectivity index (χ1) is 12.5. The van der Waals surface area contributed by atoms with E-state index >= 15 is 0 Å². The maximum atomic E-state index is 12.8. The van der Waals surface area contributed by atoms with E-state index in [-0.39, 0.29) is 11.7 Å². The Balaban J connectivity index is 1.63. The second-order valence-electron chi connectivity index (χ2n) is 7.19. The molecule has 3 rings (SSSR count). The summed E-state index contributed by atoms with van der Waals surface area (Å²) in [6.45, 7) is 3.29. The number of sulfonamides is 1. The third-order valence-electron chi connectivity index (χ3n) is 5.02. The molecular formula is C17H25N3O5S2. The molecule has 1 amide bonds. The fourth-order valence-electron chi connectivity index (χ4n) is 3.50. The van der Waals surface area contributed by atoms with Crippen molar-refractivity contribution in [1.82, 2.24) is 9.80 Å². The lowest BCUT2D eigenvalue weighted by atomic mass is 10.1. The van der Waals surface area contributed by atoms with Crippen molar-refractivity contribution in [2.75, 3.05) is 61.8 Å². The largest absolute Gasteiger partial charge is 0.336 e. The molecule has 8 nitrogen and oxygen atoms in total. The summed E-state index contributed by atoms with van der Waals surface area (Å²) in [6.07, 6.45) is 3.01. The van der Waals surface area contributed by atoms with E-state index in [0.29, 0.717) is 56.9 Å². The van der Waals surface area contributed by atoms with Crippen LogP contribution in [0.3, 0.4) is 0 Å². The van der Waals surface area contributed by atoms with Crippen LogP contribution in [0.4, 0.5) is 5.69 Å². The van der Waals surface area contributed by atoms with E-state index < -0.39 is 19.9 Å². The zero-order valence-corrected chi connectivity index (χ0v) is 17.2. The number of piperazine rings is 1. The lowest BCUT2D eigenvalue weighted by Gasteiger charge is -2.34. The molecule has 27 heavy (non-hydrogen) atoms. The minimum absolute atomic E-state index is 0.0710. The molecule has 1 aromatic carbocycles. The van der Waals surface area contributed by atoms with Crippen LogP contribution < -0.4 is 4.31 Å². The maximum Gasteiger partial charge on any atom is 0.253 e. The van der Waals surface area contributed by atoms with Gasteiger partial charge in [0.25, 0.3) is 5.91 Å². The van der Waals surface area contributed by atoms with Gasteiger partial charge < -0.3 is 4.90 Å². The lowest BCUT2D eigenvalue weighted by Crippen LogP contribution is -2.49. The first-order valence-electron chi connectivity index (χ1n) is 8.84. The van der Waals surface area contributed by atoms with Gasteiger partial charge in [0.05, 0.1) is 17.7 Å². The van der Waals surface area contributed by atoms with Gasteiger partial charge in [0.2, 0.25) is 10.0 Å². The second-order valence-corrected chi connectivity index (χ2v) is 11.4.